The Hall–Kier alpha value is -1.37. The maximum atomic E-state index is 12.4. The van der Waals surface area contributed by atoms with Gasteiger partial charge >= 0.3 is 12.1 Å². The summed E-state index contributed by atoms with van der Waals surface area (Å²) >= 11 is 1.41. The van der Waals surface area contributed by atoms with E-state index in [-0.39, 0.29) is 12.2 Å². The minimum absolute atomic E-state index is 0.0411. The maximum Gasteiger partial charge on any atom is 0.471 e. The molecule has 1 aromatic rings. The molecule has 1 amide bonds. The van der Waals surface area contributed by atoms with Gasteiger partial charge in [-0.05, 0) is 18.2 Å². The molecule has 3 nitrogen and oxygen atoms in total. The first-order valence-electron chi connectivity index (χ1n) is 4.80. The number of hydrogen-bond acceptors (Lipinski definition) is 3. The Morgan fingerprint density at radius 2 is 2.12 bits per heavy atom. The van der Waals surface area contributed by atoms with Crippen molar-refractivity contribution in [1.82, 2.24) is 0 Å². The zero-order valence-corrected chi connectivity index (χ0v) is 9.44. The lowest BCUT2D eigenvalue weighted by Gasteiger charge is -2.29. The molecule has 0 atom stereocenters. The number of fused-ring (bicyclic) bond motifs is 1. The highest BCUT2D eigenvalue weighted by Gasteiger charge is 2.44. The van der Waals surface area contributed by atoms with Crippen LogP contribution in [0.25, 0.3) is 0 Å². The smallest absolute Gasteiger partial charge is 0.399 e. The molecule has 1 heterocycles. The summed E-state index contributed by atoms with van der Waals surface area (Å²) in [5.74, 6) is -1.40. The molecule has 1 aromatic carbocycles. The average molecular weight is 262 g/mol. The molecule has 0 aromatic heterocycles. The van der Waals surface area contributed by atoms with E-state index >= 15 is 0 Å². The first-order valence-corrected chi connectivity index (χ1v) is 5.79. The third-order valence-electron chi connectivity index (χ3n) is 2.33. The molecule has 0 fully saturated rings. The molecule has 0 aliphatic carbocycles. The van der Waals surface area contributed by atoms with E-state index in [0.717, 1.165) is 4.90 Å². The van der Waals surface area contributed by atoms with E-state index in [2.05, 4.69) is 0 Å². The van der Waals surface area contributed by atoms with E-state index in [0.29, 0.717) is 16.3 Å². The number of nitrogens with zero attached hydrogens (tertiary/aromatic N) is 1. The Morgan fingerprint density at radius 3 is 2.76 bits per heavy atom. The van der Waals surface area contributed by atoms with Crippen LogP contribution >= 0.6 is 11.8 Å². The van der Waals surface area contributed by atoms with Gasteiger partial charge < -0.3 is 10.6 Å². The van der Waals surface area contributed by atoms with Crippen molar-refractivity contribution < 1.29 is 18.0 Å². The summed E-state index contributed by atoms with van der Waals surface area (Å²) in [6.45, 7) is 0.0411. The molecule has 0 unspecified atom stereocenters. The van der Waals surface area contributed by atoms with Crippen molar-refractivity contribution >= 4 is 29.0 Å². The fourth-order valence-electron chi connectivity index (χ4n) is 1.60. The van der Waals surface area contributed by atoms with Gasteiger partial charge in [0, 0.05) is 22.9 Å². The van der Waals surface area contributed by atoms with Crippen LogP contribution in [0.2, 0.25) is 0 Å². The maximum absolute atomic E-state index is 12.4. The highest BCUT2D eigenvalue weighted by atomic mass is 32.2. The van der Waals surface area contributed by atoms with Crippen molar-refractivity contribution in [2.45, 2.75) is 11.1 Å². The lowest BCUT2D eigenvalue weighted by molar-refractivity contribution is -0.170. The standard InChI is InChI=1S/C10H9F3N2OS/c11-10(12,13)9(16)15-3-4-17-8-2-1-6(14)5-7(8)15/h1-2,5H,3-4,14H2. The molecule has 0 saturated carbocycles. The number of carbonyl (C=O) groups excluding carboxylic acids is 1. The summed E-state index contributed by atoms with van der Waals surface area (Å²) < 4.78 is 37.2. The van der Waals surface area contributed by atoms with Gasteiger partial charge in [0.05, 0.1) is 5.69 Å². The Morgan fingerprint density at radius 1 is 1.41 bits per heavy atom. The van der Waals surface area contributed by atoms with Crippen LogP contribution < -0.4 is 10.6 Å². The van der Waals surface area contributed by atoms with Crippen molar-refractivity contribution in [3.8, 4) is 0 Å². The zero-order chi connectivity index (χ0) is 12.6. The molecule has 1 aliphatic heterocycles. The number of hydrogen-bond donors (Lipinski definition) is 1. The van der Waals surface area contributed by atoms with Crippen LogP contribution in [-0.2, 0) is 4.79 Å². The van der Waals surface area contributed by atoms with Crippen molar-refractivity contribution in [3.63, 3.8) is 0 Å². The predicted octanol–water partition coefficient (Wildman–Crippen LogP) is 2.27. The highest BCUT2D eigenvalue weighted by Crippen LogP contribution is 2.37. The highest BCUT2D eigenvalue weighted by molar-refractivity contribution is 7.99. The van der Waals surface area contributed by atoms with Crippen molar-refractivity contribution in [3.05, 3.63) is 18.2 Å². The third-order valence-corrected chi connectivity index (χ3v) is 3.38. The molecule has 2 N–H and O–H groups in total. The molecular weight excluding hydrogens is 253 g/mol. The molecule has 2 rings (SSSR count). The van der Waals surface area contributed by atoms with Crippen LogP contribution in [0.15, 0.2) is 23.1 Å². The van der Waals surface area contributed by atoms with E-state index in [9.17, 15) is 18.0 Å². The largest absolute Gasteiger partial charge is 0.471 e. The molecule has 7 heteroatoms. The van der Waals surface area contributed by atoms with Gasteiger partial charge in [0.2, 0.25) is 0 Å². The first kappa shape index (κ1) is 12.1. The topological polar surface area (TPSA) is 46.3 Å². The van der Waals surface area contributed by atoms with Gasteiger partial charge in [-0.2, -0.15) is 13.2 Å². The number of thioether (sulfide) groups is 1. The number of halogens is 3. The van der Waals surface area contributed by atoms with Gasteiger partial charge in [0.25, 0.3) is 0 Å². The first-order chi connectivity index (χ1) is 7.89. The Kier molecular flexibility index (Phi) is 2.94. The molecule has 92 valence electrons. The van der Waals surface area contributed by atoms with Gasteiger partial charge in [-0.3, -0.25) is 4.79 Å². The van der Waals surface area contributed by atoms with E-state index in [1.54, 1.807) is 12.1 Å². The second-order valence-corrected chi connectivity index (χ2v) is 4.67. The van der Waals surface area contributed by atoms with Crippen LogP contribution in [-0.4, -0.2) is 24.4 Å². The number of nitrogens with two attached hydrogens (primary N) is 1. The van der Waals surface area contributed by atoms with Crippen LogP contribution in [0.3, 0.4) is 0 Å². The number of alkyl halides is 3. The molecule has 0 bridgehead atoms. The lowest BCUT2D eigenvalue weighted by atomic mass is 10.2. The summed E-state index contributed by atoms with van der Waals surface area (Å²) in [6, 6.07) is 4.63. The second-order valence-electron chi connectivity index (χ2n) is 3.53. The van der Waals surface area contributed by atoms with Gasteiger partial charge in [-0.15, -0.1) is 11.8 Å². The number of benzene rings is 1. The van der Waals surface area contributed by atoms with Gasteiger partial charge in [-0.25, -0.2) is 0 Å². The fraction of sp³-hybridized carbons (Fsp3) is 0.300. The zero-order valence-electron chi connectivity index (χ0n) is 8.62. The Bertz CT molecular complexity index is 461. The number of rotatable bonds is 0. The lowest BCUT2D eigenvalue weighted by Crippen LogP contribution is -2.43. The number of carbonyl (C=O) groups is 1. The predicted molar refractivity (Wildman–Crippen MR) is 60.0 cm³/mol. The minimum Gasteiger partial charge on any atom is -0.399 e. The number of amides is 1. The summed E-state index contributed by atoms with van der Waals surface area (Å²) in [6.07, 6.45) is -4.86. The summed E-state index contributed by atoms with van der Waals surface area (Å²) in [5.41, 5.74) is 6.10. The Balaban J connectivity index is 2.41. The number of anilines is 2. The second kappa shape index (κ2) is 4.14. The fourth-order valence-corrected chi connectivity index (χ4v) is 2.57. The number of nitrogen functional groups attached to an aromatic ring is 1. The normalized spacial score (nSPS) is 15.6. The van der Waals surface area contributed by atoms with Gasteiger partial charge in [0.1, 0.15) is 0 Å². The summed E-state index contributed by atoms with van der Waals surface area (Å²) in [5, 5.41) is 0. The third kappa shape index (κ3) is 2.33. The van der Waals surface area contributed by atoms with Gasteiger partial charge in [0.15, 0.2) is 0 Å². The monoisotopic (exact) mass is 262 g/mol. The molecule has 0 spiro atoms. The molecule has 0 radical (unpaired) electrons. The van der Waals surface area contributed by atoms with E-state index < -0.39 is 12.1 Å². The summed E-state index contributed by atoms with van der Waals surface area (Å²) in [4.78, 5) is 12.6. The van der Waals surface area contributed by atoms with Crippen molar-refractivity contribution in [2.24, 2.45) is 0 Å². The van der Waals surface area contributed by atoms with Gasteiger partial charge in [-0.1, -0.05) is 0 Å². The van der Waals surface area contributed by atoms with Crippen LogP contribution in [0.1, 0.15) is 0 Å². The van der Waals surface area contributed by atoms with E-state index in [1.165, 1.54) is 17.8 Å². The van der Waals surface area contributed by atoms with E-state index in [4.69, 9.17) is 5.73 Å². The molecule has 1 aliphatic rings. The SMILES string of the molecule is Nc1ccc2c(c1)N(C(=O)C(F)(F)F)CCS2. The van der Waals surface area contributed by atoms with Crippen molar-refractivity contribution in [1.29, 1.82) is 0 Å². The minimum atomic E-state index is -4.86. The van der Waals surface area contributed by atoms with Crippen molar-refractivity contribution in [2.75, 3.05) is 22.9 Å². The Labute approximate surface area is 99.8 Å². The van der Waals surface area contributed by atoms with Crippen LogP contribution in [0.5, 0.6) is 0 Å². The van der Waals surface area contributed by atoms with Crippen LogP contribution in [0, 0.1) is 0 Å². The quantitative estimate of drug-likeness (QED) is 0.729. The van der Waals surface area contributed by atoms with Crippen LogP contribution in [0.4, 0.5) is 24.5 Å². The molecule has 17 heavy (non-hydrogen) atoms. The molecule has 0 saturated heterocycles. The van der Waals surface area contributed by atoms with E-state index in [1.807, 2.05) is 0 Å². The molecular formula is C10H9F3N2OS. The summed E-state index contributed by atoms with van der Waals surface area (Å²) in [7, 11) is 0. The average Bonchev–Trinajstić information content (AvgIpc) is 2.26.